The second-order valence-electron chi connectivity index (χ2n) is 3.99. The molecule has 0 atom stereocenters. The molecule has 1 saturated carbocycles. The summed E-state index contributed by atoms with van der Waals surface area (Å²) in [7, 11) is 0. The minimum absolute atomic E-state index is 0.549. The maximum absolute atomic E-state index is 4.36. The molecule has 3 rings (SSSR count). The van der Waals surface area contributed by atoms with Gasteiger partial charge in [0.05, 0.1) is 0 Å². The van der Waals surface area contributed by atoms with Crippen molar-refractivity contribution in [2.75, 3.05) is 5.32 Å². The van der Waals surface area contributed by atoms with E-state index in [0.29, 0.717) is 17.8 Å². The molecule has 5 nitrogen and oxygen atoms in total. The van der Waals surface area contributed by atoms with Gasteiger partial charge in [0.25, 0.3) is 0 Å². The van der Waals surface area contributed by atoms with E-state index >= 15 is 0 Å². The molecule has 2 aromatic rings. The van der Waals surface area contributed by atoms with Crippen LogP contribution in [0, 0.1) is 0 Å². The van der Waals surface area contributed by atoms with Crippen LogP contribution in [0.3, 0.4) is 0 Å². The number of aromatic amines is 1. The lowest BCUT2D eigenvalue weighted by Crippen LogP contribution is -2.27. The molecule has 1 aliphatic rings. The third kappa shape index (κ3) is 1.76. The van der Waals surface area contributed by atoms with Gasteiger partial charge >= 0.3 is 0 Å². The summed E-state index contributed by atoms with van der Waals surface area (Å²) in [5.74, 6) is 1.38. The van der Waals surface area contributed by atoms with Gasteiger partial charge in [-0.05, 0) is 31.4 Å². The topological polar surface area (TPSA) is 66.5 Å². The molecule has 0 unspecified atom stereocenters. The Kier molecular flexibility index (Phi) is 2.29. The Morgan fingerprint density at radius 2 is 2.25 bits per heavy atom. The van der Waals surface area contributed by atoms with E-state index in [1.165, 1.54) is 19.3 Å². The number of hydrogen-bond donors (Lipinski definition) is 2. The molecule has 2 aromatic heterocycles. The van der Waals surface area contributed by atoms with Gasteiger partial charge < -0.3 is 5.32 Å². The number of nitrogens with zero attached hydrogens (tertiary/aromatic N) is 3. The van der Waals surface area contributed by atoms with Crippen molar-refractivity contribution in [3.63, 3.8) is 0 Å². The molecule has 0 aromatic carbocycles. The summed E-state index contributed by atoms with van der Waals surface area (Å²) >= 11 is 0. The fraction of sp³-hybridized carbons (Fsp3) is 0.364. The zero-order valence-electron chi connectivity index (χ0n) is 8.85. The van der Waals surface area contributed by atoms with Crippen molar-refractivity contribution in [3.8, 4) is 11.5 Å². The van der Waals surface area contributed by atoms with Gasteiger partial charge in [-0.15, -0.1) is 5.10 Å². The van der Waals surface area contributed by atoms with Crippen LogP contribution in [-0.2, 0) is 0 Å². The fourth-order valence-electron chi connectivity index (χ4n) is 1.68. The van der Waals surface area contributed by atoms with Crippen molar-refractivity contribution in [2.45, 2.75) is 25.3 Å². The van der Waals surface area contributed by atoms with Crippen LogP contribution in [0.15, 0.2) is 24.4 Å². The van der Waals surface area contributed by atoms with Crippen LogP contribution in [0.4, 0.5) is 5.95 Å². The molecule has 2 heterocycles. The Morgan fingerprint density at radius 3 is 2.94 bits per heavy atom. The highest BCUT2D eigenvalue weighted by atomic mass is 15.3. The first-order valence-corrected chi connectivity index (χ1v) is 5.52. The molecule has 0 radical (unpaired) electrons. The summed E-state index contributed by atoms with van der Waals surface area (Å²) in [5.41, 5.74) is 0.816. The predicted molar refractivity (Wildman–Crippen MR) is 60.9 cm³/mol. The lowest BCUT2D eigenvalue weighted by Gasteiger charge is -2.25. The average molecular weight is 215 g/mol. The Hall–Kier alpha value is -1.91. The summed E-state index contributed by atoms with van der Waals surface area (Å²) in [6.45, 7) is 0. The van der Waals surface area contributed by atoms with E-state index in [9.17, 15) is 0 Å². The third-order valence-electron chi connectivity index (χ3n) is 2.83. The molecule has 0 saturated heterocycles. The lowest BCUT2D eigenvalue weighted by atomic mass is 9.93. The van der Waals surface area contributed by atoms with Gasteiger partial charge in [-0.1, -0.05) is 6.07 Å². The van der Waals surface area contributed by atoms with Gasteiger partial charge in [0.1, 0.15) is 5.69 Å². The van der Waals surface area contributed by atoms with Crippen LogP contribution in [0.25, 0.3) is 11.5 Å². The number of hydrogen-bond acceptors (Lipinski definition) is 4. The van der Waals surface area contributed by atoms with Crippen molar-refractivity contribution in [2.24, 2.45) is 0 Å². The van der Waals surface area contributed by atoms with Crippen molar-refractivity contribution < 1.29 is 0 Å². The molecule has 2 N–H and O–H groups in total. The molecular weight excluding hydrogens is 202 g/mol. The van der Waals surface area contributed by atoms with Crippen LogP contribution < -0.4 is 5.32 Å². The van der Waals surface area contributed by atoms with E-state index in [1.54, 1.807) is 6.20 Å². The first-order valence-electron chi connectivity index (χ1n) is 5.52. The number of aromatic nitrogens is 4. The first kappa shape index (κ1) is 9.33. The fourth-order valence-corrected chi connectivity index (χ4v) is 1.68. The zero-order valence-corrected chi connectivity index (χ0v) is 8.85. The second kappa shape index (κ2) is 3.92. The molecule has 16 heavy (non-hydrogen) atoms. The van der Waals surface area contributed by atoms with E-state index in [4.69, 9.17) is 0 Å². The minimum Gasteiger partial charge on any atom is -0.350 e. The summed E-state index contributed by atoms with van der Waals surface area (Å²) in [5, 5.41) is 10.3. The lowest BCUT2D eigenvalue weighted by molar-refractivity contribution is 0.443. The Morgan fingerprint density at radius 1 is 1.31 bits per heavy atom. The number of nitrogens with one attached hydrogen (secondary N) is 2. The third-order valence-corrected chi connectivity index (χ3v) is 2.83. The number of pyridine rings is 1. The molecule has 0 spiro atoms. The van der Waals surface area contributed by atoms with Crippen LogP contribution in [0.1, 0.15) is 19.3 Å². The smallest absolute Gasteiger partial charge is 0.242 e. The molecule has 1 aliphatic carbocycles. The minimum atomic E-state index is 0.549. The van der Waals surface area contributed by atoms with Gasteiger partial charge in [-0.2, -0.15) is 4.98 Å². The predicted octanol–water partition coefficient (Wildman–Crippen LogP) is 1.83. The second-order valence-corrected chi connectivity index (χ2v) is 3.99. The van der Waals surface area contributed by atoms with Crippen LogP contribution in [-0.4, -0.2) is 26.2 Å². The summed E-state index contributed by atoms with van der Waals surface area (Å²) in [6, 6.07) is 6.28. The number of H-pyrrole nitrogens is 1. The highest BCUT2D eigenvalue weighted by Gasteiger charge is 2.18. The molecule has 0 amide bonds. The van der Waals surface area contributed by atoms with E-state index in [-0.39, 0.29) is 0 Å². The molecule has 82 valence electrons. The Labute approximate surface area is 93.3 Å². The maximum Gasteiger partial charge on any atom is 0.242 e. The Balaban J connectivity index is 1.77. The van der Waals surface area contributed by atoms with Crippen LogP contribution in [0.5, 0.6) is 0 Å². The number of anilines is 1. The number of rotatable bonds is 3. The highest BCUT2D eigenvalue weighted by molar-refractivity contribution is 5.50. The van der Waals surface area contributed by atoms with Crippen LogP contribution >= 0.6 is 0 Å². The van der Waals surface area contributed by atoms with E-state index in [0.717, 1.165) is 5.69 Å². The van der Waals surface area contributed by atoms with Crippen LogP contribution in [0.2, 0.25) is 0 Å². The largest absolute Gasteiger partial charge is 0.350 e. The normalized spacial score (nSPS) is 15.8. The molecule has 0 aliphatic heterocycles. The SMILES string of the molecule is c1ccc(-c2nc(NC3CCC3)n[nH]2)nc1. The standard InChI is InChI=1S/C11H13N5/c1-2-7-12-9(6-1)10-14-11(16-15-10)13-8-4-3-5-8/h1-2,6-8H,3-5H2,(H2,13,14,15,16). The monoisotopic (exact) mass is 215 g/mol. The molecule has 5 heteroatoms. The zero-order chi connectivity index (χ0) is 10.8. The van der Waals surface area contributed by atoms with E-state index in [1.807, 2.05) is 18.2 Å². The van der Waals surface area contributed by atoms with Gasteiger partial charge in [0.2, 0.25) is 5.95 Å². The van der Waals surface area contributed by atoms with Gasteiger partial charge in [-0.3, -0.25) is 10.1 Å². The first-order chi connectivity index (χ1) is 7.92. The maximum atomic E-state index is 4.36. The van der Waals surface area contributed by atoms with E-state index < -0.39 is 0 Å². The Bertz CT molecular complexity index is 460. The summed E-state index contributed by atoms with van der Waals surface area (Å²) < 4.78 is 0. The van der Waals surface area contributed by atoms with E-state index in [2.05, 4.69) is 25.5 Å². The average Bonchev–Trinajstić information content (AvgIpc) is 2.73. The van der Waals surface area contributed by atoms with Gasteiger partial charge in [-0.25, -0.2) is 0 Å². The highest BCUT2D eigenvalue weighted by Crippen LogP contribution is 2.22. The van der Waals surface area contributed by atoms with Crippen molar-refractivity contribution in [1.29, 1.82) is 0 Å². The summed E-state index contributed by atoms with van der Waals surface area (Å²) in [4.78, 5) is 8.58. The van der Waals surface area contributed by atoms with Crippen molar-refractivity contribution in [1.82, 2.24) is 20.2 Å². The molecule has 1 fully saturated rings. The molecular formula is C11H13N5. The van der Waals surface area contributed by atoms with Gasteiger partial charge in [0.15, 0.2) is 5.82 Å². The van der Waals surface area contributed by atoms with Crippen molar-refractivity contribution in [3.05, 3.63) is 24.4 Å². The van der Waals surface area contributed by atoms with Crippen molar-refractivity contribution >= 4 is 5.95 Å². The molecule has 0 bridgehead atoms. The van der Waals surface area contributed by atoms with Gasteiger partial charge in [0, 0.05) is 12.2 Å². The quantitative estimate of drug-likeness (QED) is 0.819. The summed E-state index contributed by atoms with van der Waals surface area (Å²) in [6.07, 6.45) is 5.48.